The van der Waals surface area contributed by atoms with E-state index in [9.17, 15) is 0 Å². The fourth-order valence-electron chi connectivity index (χ4n) is 3.10. The summed E-state index contributed by atoms with van der Waals surface area (Å²) in [6.45, 7) is 8.15. The number of nitrogens with one attached hydrogen (secondary N) is 1. The van der Waals surface area contributed by atoms with Gasteiger partial charge < -0.3 is 5.32 Å². The minimum Gasteiger partial charge on any atom is -0.317 e. The lowest BCUT2D eigenvalue weighted by molar-refractivity contribution is 0.144. The molecule has 0 radical (unpaired) electrons. The number of hydrogen-bond acceptors (Lipinski definition) is 2. The van der Waals surface area contributed by atoms with E-state index in [0.717, 1.165) is 18.9 Å². The van der Waals surface area contributed by atoms with Crippen molar-refractivity contribution in [1.82, 2.24) is 10.2 Å². The van der Waals surface area contributed by atoms with Crippen LogP contribution in [-0.2, 0) is 13.0 Å². The molecule has 0 amide bonds. The van der Waals surface area contributed by atoms with Gasteiger partial charge in [-0.2, -0.15) is 0 Å². The Morgan fingerprint density at radius 1 is 1.28 bits per heavy atom. The number of rotatable bonds is 4. The Balaban J connectivity index is 1.98. The van der Waals surface area contributed by atoms with Gasteiger partial charge >= 0.3 is 0 Å². The van der Waals surface area contributed by atoms with E-state index >= 15 is 0 Å². The molecule has 2 unspecified atom stereocenters. The van der Waals surface area contributed by atoms with E-state index < -0.39 is 0 Å². The molecule has 1 heterocycles. The van der Waals surface area contributed by atoms with Gasteiger partial charge in [-0.1, -0.05) is 38.1 Å². The van der Waals surface area contributed by atoms with E-state index in [1.165, 1.54) is 30.6 Å². The van der Waals surface area contributed by atoms with Crippen LogP contribution in [0.5, 0.6) is 0 Å². The molecule has 1 aromatic carbocycles. The number of piperidine rings is 1. The highest BCUT2D eigenvalue weighted by Gasteiger charge is 2.24. The van der Waals surface area contributed by atoms with Crippen LogP contribution in [0.3, 0.4) is 0 Å². The predicted octanol–water partition coefficient (Wildman–Crippen LogP) is 2.68. The van der Waals surface area contributed by atoms with Crippen LogP contribution in [-0.4, -0.2) is 31.1 Å². The van der Waals surface area contributed by atoms with Crippen molar-refractivity contribution in [3.8, 4) is 0 Å². The molecule has 0 bridgehead atoms. The van der Waals surface area contributed by atoms with Crippen molar-refractivity contribution >= 4 is 0 Å². The lowest BCUT2D eigenvalue weighted by Gasteiger charge is -2.37. The summed E-state index contributed by atoms with van der Waals surface area (Å²) < 4.78 is 0. The monoisotopic (exact) mass is 246 g/mol. The normalized spacial score (nSPS) is 25.3. The minimum absolute atomic E-state index is 0.697. The molecule has 1 saturated heterocycles. The van der Waals surface area contributed by atoms with Gasteiger partial charge in [0, 0.05) is 19.1 Å². The average Bonchev–Trinajstić information content (AvgIpc) is 2.39. The van der Waals surface area contributed by atoms with Gasteiger partial charge in [0.25, 0.3) is 0 Å². The molecule has 1 N–H and O–H groups in total. The van der Waals surface area contributed by atoms with Crippen molar-refractivity contribution in [2.45, 2.75) is 39.3 Å². The number of aryl methyl sites for hydroxylation is 1. The van der Waals surface area contributed by atoms with Crippen LogP contribution < -0.4 is 5.32 Å². The first-order valence-corrected chi connectivity index (χ1v) is 7.21. The van der Waals surface area contributed by atoms with E-state index in [-0.39, 0.29) is 0 Å². The summed E-state index contributed by atoms with van der Waals surface area (Å²) in [6.07, 6.45) is 2.41. The first-order chi connectivity index (χ1) is 8.74. The van der Waals surface area contributed by atoms with Crippen molar-refractivity contribution in [3.05, 3.63) is 35.4 Å². The summed E-state index contributed by atoms with van der Waals surface area (Å²) in [5, 5.41) is 3.43. The summed E-state index contributed by atoms with van der Waals surface area (Å²) in [6, 6.07) is 9.56. The topological polar surface area (TPSA) is 15.3 Å². The maximum Gasteiger partial charge on any atom is 0.0236 e. The van der Waals surface area contributed by atoms with Crippen molar-refractivity contribution in [2.24, 2.45) is 5.92 Å². The molecule has 1 aromatic rings. The molecular formula is C16H26N2. The van der Waals surface area contributed by atoms with Crippen molar-refractivity contribution in [1.29, 1.82) is 0 Å². The molecule has 0 spiro atoms. The highest BCUT2D eigenvalue weighted by Crippen LogP contribution is 2.20. The fraction of sp³-hybridized carbons (Fsp3) is 0.625. The molecule has 0 aliphatic carbocycles. The number of hydrogen-bond donors (Lipinski definition) is 1. The van der Waals surface area contributed by atoms with Gasteiger partial charge in [-0.3, -0.25) is 4.90 Å². The van der Waals surface area contributed by atoms with Gasteiger partial charge in [0.1, 0.15) is 0 Å². The highest BCUT2D eigenvalue weighted by atomic mass is 15.1. The Bertz CT molecular complexity index is 375. The fourth-order valence-corrected chi connectivity index (χ4v) is 3.10. The number of benzene rings is 1. The molecule has 2 atom stereocenters. The molecule has 1 aliphatic rings. The van der Waals surface area contributed by atoms with Gasteiger partial charge in [0.15, 0.2) is 0 Å². The van der Waals surface area contributed by atoms with E-state index in [2.05, 4.69) is 55.4 Å². The Morgan fingerprint density at radius 2 is 2.00 bits per heavy atom. The summed E-state index contributed by atoms with van der Waals surface area (Å²) >= 11 is 0. The third-order valence-corrected chi connectivity index (χ3v) is 4.25. The maximum absolute atomic E-state index is 3.43. The molecule has 1 aliphatic heterocycles. The third-order valence-electron chi connectivity index (χ3n) is 4.25. The molecule has 0 saturated carbocycles. The van der Waals surface area contributed by atoms with E-state index in [1.807, 2.05) is 0 Å². The smallest absolute Gasteiger partial charge is 0.0236 e. The van der Waals surface area contributed by atoms with Crippen LogP contribution >= 0.6 is 0 Å². The highest BCUT2D eigenvalue weighted by molar-refractivity contribution is 5.27. The summed E-state index contributed by atoms with van der Waals surface area (Å²) in [5.41, 5.74) is 3.01. The number of nitrogens with zero attached hydrogens (tertiary/aromatic N) is 1. The molecule has 2 nitrogen and oxygen atoms in total. The first-order valence-electron chi connectivity index (χ1n) is 7.21. The van der Waals surface area contributed by atoms with Gasteiger partial charge in [0.2, 0.25) is 0 Å². The van der Waals surface area contributed by atoms with Crippen LogP contribution in [0, 0.1) is 5.92 Å². The van der Waals surface area contributed by atoms with E-state index in [4.69, 9.17) is 0 Å². The standard InChI is InChI=1S/C16H26N2/c1-4-14-7-5-6-8-15(14)12-18-10-9-16(17-3)13(2)11-18/h5-8,13,16-17H,4,9-12H2,1-3H3. The maximum atomic E-state index is 3.43. The second-order valence-corrected chi connectivity index (χ2v) is 5.52. The first kappa shape index (κ1) is 13.6. The minimum atomic E-state index is 0.697. The van der Waals surface area contributed by atoms with Gasteiger partial charge in [-0.15, -0.1) is 0 Å². The number of likely N-dealkylation sites (tertiary alicyclic amines) is 1. The Morgan fingerprint density at radius 3 is 2.61 bits per heavy atom. The summed E-state index contributed by atoms with van der Waals surface area (Å²) in [5.74, 6) is 0.748. The molecule has 100 valence electrons. The largest absolute Gasteiger partial charge is 0.317 e. The molecule has 18 heavy (non-hydrogen) atoms. The average molecular weight is 246 g/mol. The van der Waals surface area contributed by atoms with Crippen LogP contribution in [0.4, 0.5) is 0 Å². The zero-order valence-corrected chi connectivity index (χ0v) is 11.9. The Labute approximate surface area is 111 Å². The third kappa shape index (κ3) is 3.12. The van der Waals surface area contributed by atoms with Crippen molar-refractivity contribution in [3.63, 3.8) is 0 Å². The van der Waals surface area contributed by atoms with Crippen LogP contribution in [0.1, 0.15) is 31.4 Å². The zero-order chi connectivity index (χ0) is 13.0. The quantitative estimate of drug-likeness (QED) is 0.878. The second kappa shape index (κ2) is 6.35. The SMILES string of the molecule is CCc1ccccc1CN1CCC(NC)C(C)C1. The molecule has 0 aromatic heterocycles. The predicted molar refractivity (Wildman–Crippen MR) is 77.7 cm³/mol. The molecule has 2 heteroatoms. The second-order valence-electron chi connectivity index (χ2n) is 5.52. The van der Waals surface area contributed by atoms with Crippen molar-refractivity contribution < 1.29 is 0 Å². The van der Waals surface area contributed by atoms with E-state index in [0.29, 0.717) is 6.04 Å². The molecule has 2 rings (SSSR count). The molecule has 1 fully saturated rings. The summed E-state index contributed by atoms with van der Waals surface area (Å²) in [4.78, 5) is 2.60. The molecular weight excluding hydrogens is 220 g/mol. The lowest BCUT2D eigenvalue weighted by atomic mass is 9.93. The lowest BCUT2D eigenvalue weighted by Crippen LogP contribution is -2.46. The summed E-state index contributed by atoms with van der Waals surface area (Å²) in [7, 11) is 2.09. The van der Waals surface area contributed by atoms with Crippen LogP contribution in [0.15, 0.2) is 24.3 Å². The van der Waals surface area contributed by atoms with Crippen LogP contribution in [0.25, 0.3) is 0 Å². The zero-order valence-electron chi connectivity index (χ0n) is 11.9. The van der Waals surface area contributed by atoms with Crippen LogP contribution in [0.2, 0.25) is 0 Å². The van der Waals surface area contributed by atoms with Gasteiger partial charge in [0.05, 0.1) is 0 Å². The van der Waals surface area contributed by atoms with E-state index in [1.54, 1.807) is 0 Å². The Kier molecular flexibility index (Phi) is 4.79. The van der Waals surface area contributed by atoms with Gasteiger partial charge in [-0.05, 0) is 43.5 Å². The van der Waals surface area contributed by atoms with Gasteiger partial charge in [-0.25, -0.2) is 0 Å². The Hall–Kier alpha value is -0.860. The van der Waals surface area contributed by atoms with Crippen molar-refractivity contribution in [2.75, 3.05) is 20.1 Å².